The molecule has 19 heavy (non-hydrogen) atoms. The van der Waals surface area contributed by atoms with E-state index in [-0.39, 0.29) is 0 Å². The fraction of sp³-hybridized carbons (Fsp3) is 0.529. The minimum Gasteiger partial charge on any atom is -0.490 e. The van der Waals surface area contributed by atoms with Crippen LogP contribution in [0, 0.1) is 5.92 Å². The molecule has 0 amide bonds. The molecule has 1 fully saturated rings. The Morgan fingerprint density at radius 2 is 2.11 bits per heavy atom. The molecule has 1 aliphatic carbocycles. The number of hydrogen-bond donors (Lipinski definition) is 1. The largest absolute Gasteiger partial charge is 0.490 e. The third kappa shape index (κ3) is 5.07. The Labute approximate surface area is 116 Å². The summed E-state index contributed by atoms with van der Waals surface area (Å²) >= 11 is 0. The van der Waals surface area contributed by atoms with E-state index < -0.39 is 0 Å². The molecule has 1 aromatic carbocycles. The average molecular weight is 259 g/mol. The topological polar surface area (TPSA) is 21.3 Å². The molecule has 1 atom stereocenters. The Morgan fingerprint density at radius 1 is 1.37 bits per heavy atom. The Morgan fingerprint density at radius 3 is 2.68 bits per heavy atom. The molecule has 0 aromatic heterocycles. The van der Waals surface area contributed by atoms with Gasteiger partial charge in [-0.15, -0.1) is 0 Å². The van der Waals surface area contributed by atoms with E-state index >= 15 is 0 Å². The van der Waals surface area contributed by atoms with E-state index in [0.717, 1.165) is 18.2 Å². The van der Waals surface area contributed by atoms with Crippen molar-refractivity contribution in [2.45, 2.75) is 45.2 Å². The minimum atomic E-state index is 0.566. The van der Waals surface area contributed by atoms with Gasteiger partial charge in [-0.25, -0.2) is 0 Å². The second-order valence-corrected chi connectivity index (χ2v) is 5.41. The molecule has 1 unspecified atom stereocenters. The number of benzene rings is 1. The van der Waals surface area contributed by atoms with Crippen molar-refractivity contribution in [2.24, 2.45) is 5.92 Å². The Balaban J connectivity index is 1.76. The first kappa shape index (κ1) is 14.1. The highest BCUT2D eigenvalue weighted by Gasteiger charge is 2.24. The van der Waals surface area contributed by atoms with E-state index in [1.807, 2.05) is 12.1 Å². The first-order valence-corrected chi connectivity index (χ1v) is 7.37. The summed E-state index contributed by atoms with van der Waals surface area (Å²) in [7, 11) is 0. The molecule has 1 saturated carbocycles. The van der Waals surface area contributed by atoms with Gasteiger partial charge in [0.05, 0.1) is 0 Å². The summed E-state index contributed by atoms with van der Waals surface area (Å²) in [5.74, 6) is 1.90. The minimum absolute atomic E-state index is 0.566. The number of hydrogen-bond acceptors (Lipinski definition) is 2. The lowest BCUT2D eigenvalue weighted by Crippen LogP contribution is -2.28. The van der Waals surface area contributed by atoms with Crippen molar-refractivity contribution in [3.63, 3.8) is 0 Å². The molecule has 2 rings (SSSR count). The van der Waals surface area contributed by atoms with Crippen LogP contribution < -0.4 is 10.1 Å². The molecule has 0 bridgehead atoms. The molecule has 2 heteroatoms. The maximum absolute atomic E-state index is 5.48. The van der Waals surface area contributed by atoms with Crippen LogP contribution in [0.3, 0.4) is 0 Å². The zero-order valence-electron chi connectivity index (χ0n) is 11.9. The fourth-order valence-electron chi connectivity index (χ4n) is 2.27. The Hall–Kier alpha value is -1.28. The van der Waals surface area contributed by atoms with Gasteiger partial charge in [-0.05, 0) is 36.5 Å². The van der Waals surface area contributed by atoms with E-state index in [2.05, 4.69) is 31.0 Å². The molecule has 0 saturated heterocycles. The Bertz CT molecular complexity index is 381. The summed E-state index contributed by atoms with van der Waals surface area (Å²) < 4.78 is 5.48. The second kappa shape index (κ2) is 7.34. The summed E-state index contributed by atoms with van der Waals surface area (Å²) in [4.78, 5) is 0. The maximum Gasteiger partial charge on any atom is 0.119 e. The van der Waals surface area contributed by atoms with Crippen LogP contribution in [0.15, 0.2) is 36.9 Å². The van der Waals surface area contributed by atoms with Gasteiger partial charge in [-0.1, -0.05) is 44.6 Å². The molecule has 0 aliphatic heterocycles. The van der Waals surface area contributed by atoms with Gasteiger partial charge in [-0.2, -0.15) is 0 Å². The monoisotopic (exact) mass is 259 g/mol. The summed E-state index contributed by atoms with van der Waals surface area (Å²) in [5, 5.41) is 3.66. The third-order valence-corrected chi connectivity index (χ3v) is 3.69. The van der Waals surface area contributed by atoms with E-state index in [1.54, 1.807) is 6.08 Å². The van der Waals surface area contributed by atoms with Crippen LogP contribution in [0.4, 0.5) is 0 Å². The molecule has 2 nitrogen and oxygen atoms in total. The van der Waals surface area contributed by atoms with Crippen LogP contribution in [0.1, 0.15) is 38.2 Å². The molecular formula is C17H25NO. The highest BCUT2D eigenvalue weighted by Crippen LogP contribution is 2.34. The smallest absolute Gasteiger partial charge is 0.119 e. The SMILES string of the molecule is C=CCOc1ccc(CNC(CC)CC2CC2)cc1. The normalized spacial score (nSPS) is 16.1. The van der Waals surface area contributed by atoms with E-state index in [9.17, 15) is 0 Å². The number of ether oxygens (including phenoxy) is 1. The standard InChI is InChI=1S/C17H25NO/c1-3-11-19-17-9-7-15(8-10-17)13-18-16(4-2)12-14-5-6-14/h3,7-10,14,16,18H,1,4-6,11-13H2,2H3. The van der Waals surface area contributed by atoms with E-state index in [4.69, 9.17) is 4.74 Å². The first-order valence-electron chi connectivity index (χ1n) is 7.37. The van der Waals surface area contributed by atoms with Gasteiger partial charge >= 0.3 is 0 Å². The lowest BCUT2D eigenvalue weighted by molar-refractivity contribution is 0.363. The van der Waals surface area contributed by atoms with Crippen molar-refractivity contribution in [1.29, 1.82) is 0 Å². The molecule has 1 aliphatic rings. The molecular weight excluding hydrogens is 234 g/mol. The molecule has 1 N–H and O–H groups in total. The predicted molar refractivity (Wildman–Crippen MR) is 80.4 cm³/mol. The molecule has 0 radical (unpaired) electrons. The van der Waals surface area contributed by atoms with Crippen LogP contribution in [0.2, 0.25) is 0 Å². The van der Waals surface area contributed by atoms with Gasteiger partial charge in [0.1, 0.15) is 12.4 Å². The molecule has 0 spiro atoms. The van der Waals surface area contributed by atoms with Crippen molar-refractivity contribution in [3.8, 4) is 5.75 Å². The summed E-state index contributed by atoms with van der Waals surface area (Å²) in [6, 6.07) is 9.00. The fourth-order valence-corrected chi connectivity index (χ4v) is 2.27. The summed E-state index contributed by atoms with van der Waals surface area (Å²) in [6.07, 6.45) is 7.20. The zero-order valence-corrected chi connectivity index (χ0v) is 11.9. The number of nitrogens with one attached hydrogen (secondary N) is 1. The van der Waals surface area contributed by atoms with Crippen LogP contribution >= 0.6 is 0 Å². The first-order chi connectivity index (χ1) is 9.31. The van der Waals surface area contributed by atoms with Crippen LogP contribution in [-0.2, 0) is 6.54 Å². The summed E-state index contributed by atoms with van der Waals surface area (Å²) in [6.45, 7) is 7.43. The predicted octanol–water partition coefficient (Wildman–Crippen LogP) is 3.92. The highest BCUT2D eigenvalue weighted by atomic mass is 16.5. The maximum atomic E-state index is 5.48. The lowest BCUT2D eigenvalue weighted by atomic mass is 10.1. The van der Waals surface area contributed by atoms with Gasteiger partial charge < -0.3 is 10.1 Å². The second-order valence-electron chi connectivity index (χ2n) is 5.41. The molecule has 104 valence electrons. The summed E-state index contributed by atoms with van der Waals surface area (Å²) in [5.41, 5.74) is 1.32. The lowest BCUT2D eigenvalue weighted by Gasteiger charge is -2.16. The Kier molecular flexibility index (Phi) is 5.46. The van der Waals surface area contributed by atoms with E-state index in [1.165, 1.54) is 31.2 Å². The van der Waals surface area contributed by atoms with Crippen molar-refractivity contribution >= 4 is 0 Å². The van der Waals surface area contributed by atoms with Crippen molar-refractivity contribution in [3.05, 3.63) is 42.5 Å². The zero-order chi connectivity index (χ0) is 13.5. The van der Waals surface area contributed by atoms with Crippen LogP contribution in [-0.4, -0.2) is 12.6 Å². The highest BCUT2D eigenvalue weighted by molar-refractivity contribution is 5.27. The van der Waals surface area contributed by atoms with Crippen molar-refractivity contribution in [1.82, 2.24) is 5.32 Å². The van der Waals surface area contributed by atoms with E-state index in [0.29, 0.717) is 12.6 Å². The van der Waals surface area contributed by atoms with Gasteiger partial charge in [0.15, 0.2) is 0 Å². The van der Waals surface area contributed by atoms with Crippen LogP contribution in [0.5, 0.6) is 5.75 Å². The molecule has 0 heterocycles. The van der Waals surface area contributed by atoms with Crippen molar-refractivity contribution < 1.29 is 4.74 Å². The van der Waals surface area contributed by atoms with Gasteiger partial charge in [0.25, 0.3) is 0 Å². The number of rotatable bonds is 9. The molecule has 1 aromatic rings. The van der Waals surface area contributed by atoms with Gasteiger partial charge in [0.2, 0.25) is 0 Å². The van der Waals surface area contributed by atoms with Crippen molar-refractivity contribution in [2.75, 3.05) is 6.61 Å². The van der Waals surface area contributed by atoms with Crippen LogP contribution in [0.25, 0.3) is 0 Å². The average Bonchev–Trinajstić information content (AvgIpc) is 3.26. The third-order valence-electron chi connectivity index (χ3n) is 3.69. The van der Waals surface area contributed by atoms with Gasteiger partial charge in [0, 0.05) is 12.6 Å². The quantitative estimate of drug-likeness (QED) is 0.679. The van der Waals surface area contributed by atoms with Gasteiger partial charge in [-0.3, -0.25) is 0 Å².